The molecule has 0 aliphatic carbocycles. The van der Waals surface area contributed by atoms with Crippen LogP contribution >= 0.6 is 0 Å². The Kier molecular flexibility index (Phi) is 6.33. The normalized spacial score (nSPS) is 10.5. The van der Waals surface area contributed by atoms with Crippen molar-refractivity contribution >= 4 is 5.91 Å². The summed E-state index contributed by atoms with van der Waals surface area (Å²) in [4.78, 5) is 18.2. The molecule has 0 atom stereocenters. The summed E-state index contributed by atoms with van der Waals surface area (Å²) in [5.41, 5.74) is 1.64. The number of methoxy groups -OCH3 is 2. The van der Waals surface area contributed by atoms with E-state index in [-0.39, 0.29) is 19.1 Å². The van der Waals surface area contributed by atoms with Crippen LogP contribution in [0.3, 0.4) is 0 Å². The molecule has 3 rings (SSSR count). The number of ether oxygens (including phenoxy) is 3. The van der Waals surface area contributed by atoms with Crippen molar-refractivity contribution in [1.29, 1.82) is 0 Å². The van der Waals surface area contributed by atoms with Crippen LogP contribution in [0.5, 0.6) is 17.2 Å². The topological polar surface area (TPSA) is 86.9 Å². The van der Waals surface area contributed by atoms with Crippen molar-refractivity contribution in [3.63, 3.8) is 0 Å². The predicted octanol–water partition coefficient (Wildman–Crippen LogP) is 3.10. The molecule has 2 aromatic carbocycles. The average Bonchev–Trinajstić information content (AvgIpc) is 3.20. The Labute approximate surface area is 169 Å². The van der Waals surface area contributed by atoms with Crippen molar-refractivity contribution in [2.75, 3.05) is 27.9 Å². The molecule has 0 N–H and O–H groups in total. The maximum atomic E-state index is 12.4. The summed E-state index contributed by atoms with van der Waals surface area (Å²) >= 11 is 0. The summed E-state index contributed by atoms with van der Waals surface area (Å²) < 4.78 is 21.5. The molecule has 152 valence electrons. The molecule has 1 heterocycles. The molecular weight excluding hydrogens is 374 g/mol. The lowest BCUT2D eigenvalue weighted by atomic mass is 10.2. The van der Waals surface area contributed by atoms with Crippen LogP contribution in [-0.2, 0) is 11.3 Å². The van der Waals surface area contributed by atoms with E-state index < -0.39 is 0 Å². The van der Waals surface area contributed by atoms with Gasteiger partial charge in [-0.15, -0.1) is 0 Å². The van der Waals surface area contributed by atoms with Crippen LogP contribution in [0.15, 0.2) is 47.0 Å². The van der Waals surface area contributed by atoms with Crippen LogP contribution in [0.4, 0.5) is 0 Å². The number of hydrogen-bond acceptors (Lipinski definition) is 7. The molecular formula is C21H23N3O5. The third-order valence-electron chi connectivity index (χ3n) is 4.36. The minimum Gasteiger partial charge on any atom is -0.497 e. The summed E-state index contributed by atoms with van der Waals surface area (Å²) in [6, 6.07) is 12.9. The molecule has 0 fully saturated rings. The number of aromatic nitrogens is 2. The fourth-order valence-electron chi connectivity index (χ4n) is 2.67. The molecule has 1 aromatic heterocycles. The fourth-order valence-corrected chi connectivity index (χ4v) is 2.67. The van der Waals surface area contributed by atoms with E-state index in [9.17, 15) is 4.79 Å². The third-order valence-corrected chi connectivity index (χ3v) is 4.36. The van der Waals surface area contributed by atoms with Gasteiger partial charge in [0.25, 0.3) is 5.91 Å². The summed E-state index contributed by atoms with van der Waals surface area (Å²) in [5, 5.41) is 3.99. The number of aryl methyl sites for hydroxylation is 1. The second-order valence-corrected chi connectivity index (χ2v) is 6.38. The Bertz CT molecular complexity index is 986. The molecule has 0 saturated heterocycles. The van der Waals surface area contributed by atoms with Crippen LogP contribution in [0.25, 0.3) is 11.4 Å². The SMILES string of the molecule is COc1ccc(-c2noc(CN(C)C(=O)COc3ccccc3C)n2)c(OC)c1. The molecule has 0 spiro atoms. The predicted molar refractivity (Wildman–Crippen MR) is 106 cm³/mol. The van der Waals surface area contributed by atoms with E-state index in [1.54, 1.807) is 39.5 Å². The minimum atomic E-state index is -0.199. The highest BCUT2D eigenvalue weighted by Crippen LogP contribution is 2.31. The molecule has 29 heavy (non-hydrogen) atoms. The minimum absolute atomic E-state index is 0.0748. The Hall–Kier alpha value is -3.55. The van der Waals surface area contributed by atoms with E-state index in [4.69, 9.17) is 18.7 Å². The largest absolute Gasteiger partial charge is 0.497 e. The fraction of sp³-hybridized carbons (Fsp3) is 0.286. The van der Waals surface area contributed by atoms with Gasteiger partial charge < -0.3 is 23.6 Å². The van der Waals surface area contributed by atoms with Gasteiger partial charge in [0.1, 0.15) is 17.2 Å². The van der Waals surface area contributed by atoms with Gasteiger partial charge in [-0.25, -0.2) is 0 Å². The Morgan fingerprint density at radius 2 is 1.90 bits per heavy atom. The van der Waals surface area contributed by atoms with E-state index in [1.807, 2.05) is 31.2 Å². The van der Waals surface area contributed by atoms with Gasteiger partial charge in [0.15, 0.2) is 6.61 Å². The van der Waals surface area contributed by atoms with E-state index in [1.165, 1.54) is 4.90 Å². The maximum Gasteiger partial charge on any atom is 0.260 e. The monoisotopic (exact) mass is 397 g/mol. The van der Waals surface area contributed by atoms with Crippen molar-refractivity contribution in [1.82, 2.24) is 15.0 Å². The van der Waals surface area contributed by atoms with Gasteiger partial charge in [0.2, 0.25) is 11.7 Å². The van der Waals surface area contributed by atoms with Crippen LogP contribution in [0.1, 0.15) is 11.5 Å². The Morgan fingerprint density at radius 1 is 1.10 bits per heavy atom. The summed E-state index contributed by atoms with van der Waals surface area (Å²) in [7, 11) is 4.79. The van der Waals surface area contributed by atoms with Gasteiger partial charge in [-0.3, -0.25) is 4.79 Å². The number of likely N-dealkylation sites (N-methyl/N-ethyl adjacent to an activating group) is 1. The Morgan fingerprint density at radius 3 is 2.62 bits per heavy atom. The first-order valence-corrected chi connectivity index (χ1v) is 8.99. The first-order chi connectivity index (χ1) is 14.0. The van der Waals surface area contributed by atoms with Crippen LogP contribution in [-0.4, -0.2) is 48.8 Å². The highest BCUT2D eigenvalue weighted by Gasteiger charge is 2.18. The number of rotatable bonds is 8. The zero-order chi connectivity index (χ0) is 20.8. The Balaban J connectivity index is 1.63. The lowest BCUT2D eigenvalue weighted by Crippen LogP contribution is -2.31. The number of para-hydroxylation sites is 1. The first-order valence-electron chi connectivity index (χ1n) is 8.99. The standard InChI is InChI=1S/C21H23N3O5/c1-14-7-5-6-8-17(14)28-13-20(25)24(2)12-19-22-21(23-29-19)16-10-9-15(26-3)11-18(16)27-4/h5-11H,12-13H2,1-4H3. The van der Waals surface area contributed by atoms with Gasteiger partial charge in [-0.05, 0) is 30.7 Å². The molecule has 0 bridgehead atoms. The molecule has 1 amide bonds. The quantitative estimate of drug-likeness (QED) is 0.577. The molecule has 0 aliphatic heterocycles. The second-order valence-electron chi connectivity index (χ2n) is 6.38. The number of nitrogens with zero attached hydrogens (tertiary/aromatic N) is 3. The number of carbonyl (C=O) groups excluding carboxylic acids is 1. The van der Waals surface area contributed by atoms with Crippen LogP contribution in [0, 0.1) is 6.92 Å². The maximum absolute atomic E-state index is 12.4. The number of carbonyl (C=O) groups is 1. The molecule has 0 unspecified atom stereocenters. The van der Waals surface area contributed by atoms with Crippen LogP contribution in [0.2, 0.25) is 0 Å². The molecule has 0 radical (unpaired) electrons. The van der Waals surface area contributed by atoms with E-state index >= 15 is 0 Å². The van der Waals surface area contributed by atoms with Gasteiger partial charge >= 0.3 is 0 Å². The zero-order valence-electron chi connectivity index (χ0n) is 16.8. The van der Waals surface area contributed by atoms with E-state index in [0.29, 0.717) is 34.5 Å². The second kappa shape index (κ2) is 9.09. The van der Waals surface area contributed by atoms with E-state index in [0.717, 1.165) is 5.56 Å². The lowest BCUT2D eigenvalue weighted by molar-refractivity contribution is -0.132. The van der Waals surface area contributed by atoms with Gasteiger partial charge in [-0.2, -0.15) is 4.98 Å². The third kappa shape index (κ3) is 4.84. The van der Waals surface area contributed by atoms with Crippen molar-refractivity contribution in [2.45, 2.75) is 13.5 Å². The highest BCUT2D eigenvalue weighted by molar-refractivity contribution is 5.77. The molecule has 8 nitrogen and oxygen atoms in total. The summed E-state index contributed by atoms with van der Waals surface area (Å²) in [6.45, 7) is 2.02. The molecule has 8 heteroatoms. The van der Waals surface area contributed by atoms with Gasteiger partial charge in [0, 0.05) is 13.1 Å². The number of amides is 1. The van der Waals surface area contributed by atoms with Gasteiger partial charge in [0.05, 0.1) is 26.3 Å². The average molecular weight is 397 g/mol. The van der Waals surface area contributed by atoms with Crippen molar-refractivity contribution in [3.8, 4) is 28.6 Å². The summed E-state index contributed by atoms with van der Waals surface area (Å²) in [5.74, 6) is 2.39. The van der Waals surface area contributed by atoms with Crippen molar-refractivity contribution < 1.29 is 23.5 Å². The van der Waals surface area contributed by atoms with E-state index in [2.05, 4.69) is 10.1 Å². The zero-order valence-corrected chi connectivity index (χ0v) is 16.8. The molecule has 3 aromatic rings. The van der Waals surface area contributed by atoms with Gasteiger partial charge in [-0.1, -0.05) is 23.4 Å². The number of hydrogen-bond donors (Lipinski definition) is 0. The molecule has 0 aliphatic rings. The van der Waals surface area contributed by atoms with Crippen LogP contribution < -0.4 is 14.2 Å². The first kappa shape index (κ1) is 20.2. The number of benzene rings is 2. The van der Waals surface area contributed by atoms with Crippen molar-refractivity contribution in [3.05, 3.63) is 53.9 Å². The highest BCUT2D eigenvalue weighted by atomic mass is 16.5. The van der Waals surface area contributed by atoms with Crippen molar-refractivity contribution in [2.24, 2.45) is 0 Å². The summed E-state index contributed by atoms with van der Waals surface area (Å²) in [6.07, 6.45) is 0. The lowest BCUT2D eigenvalue weighted by Gasteiger charge is -2.15. The molecule has 0 saturated carbocycles. The smallest absolute Gasteiger partial charge is 0.260 e.